The summed E-state index contributed by atoms with van der Waals surface area (Å²) in [7, 11) is 1.63. The summed E-state index contributed by atoms with van der Waals surface area (Å²) in [4.78, 5) is 0. The molecule has 18 heavy (non-hydrogen) atoms. The zero-order valence-corrected chi connectivity index (χ0v) is 11.2. The molecule has 0 fully saturated rings. The first-order valence-corrected chi connectivity index (χ1v) is 6.50. The molecular formula is C14H14FO2P. The molecule has 0 radical (unpaired) electrons. The van der Waals surface area contributed by atoms with Gasteiger partial charge in [-0.25, -0.2) is 4.39 Å². The molecule has 0 heterocycles. The summed E-state index contributed by atoms with van der Waals surface area (Å²) in [5.74, 6) is 0.576. The molecule has 0 aromatic heterocycles. The molecule has 0 saturated carbocycles. The van der Waals surface area contributed by atoms with Gasteiger partial charge in [0.25, 0.3) is 0 Å². The third-order valence-electron chi connectivity index (χ3n) is 2.60. The van der Waals surface area contributed by atoms with Gasteiger partial charge in [0.15, 0.2) is 0 Å². The number of phenols is 1. The molecule has 0 spiro atoms. The lowest BCUT2D eigenvalue weighted by Crippen LogP contribution is -2.08. The molecule has 0 aliphatic heterocycles. The predicted octanol–water partition coefficient (Wildman–Crippen LogP) is 2.48. The van der Waals surface area contributed by atoms with E-state index in [0.29, 0.717) is 16.4 Å². The van der Waals surface area contributed by atoms with Crippen LogP contribution in [-0.2, 0) is 0 Å². The van der Waals surface area contributed by atoms with Gasteiger partial charge in [-0.2, -0.15) is 0 Å². The number of benzene rings is 2. The molecule has 0 aliphatic carbocycles. The van der Waals surface area contributed by atoms with Crippen LogP contribution in [0.25, 0.3) is 0 Å². The Kier molecular flexibility index (Phi) is 3.83. The maximum atomic E-state index is 13.7. The van der Waals surface area contributed by atoms with Crippen molar-refractivity contribution >= 4 is 19.2 Å². The number of rotatable bonds is 3. The summed E-state index contributed by atoms with van der Waals surface area (Å²) >= 11 is 0. The largest absolute Gasteiger partial charge is 0.507 e. The van der Waals surface area contributed by atoms with Gasteiger partial charge in [0.05, 0.1) is 7.11 Å². The normalized spacial score (nSPS) is 11.1. The Morgan fingerprint density at radius 3 is 2.56 bits per heavy atom. The molecule has 2 rings (SSSR count). The number of aromatic hydroxyl groups is 1. The number of ether oxygens (including phenoxy) is 1. The van der Waals surface area contributed by atoms with Gasteiger partial charge in [-0.3, -0.25) is 0 Å². The molecule has 2 nitrogen and oxygen atoms in total. The van der Waals surface area contributed by atoms with E-state index in [2.05, 4.69) is 0 Å². The molecule has 2 aromatic carbocycles. The van der Waals surface area contributed by atoms with Crippen LogP contribution in [0.3, 0.4) is 0 Å². The highest BCUT2D eigenvalue weighted by atomic mass is 31.1. The molecule has 0 saturated heterocycles. The van der Waals surface area contributed by atoms with Crippen LogP contribution in [0.1, 0.15) is 5.56 Å². The van der Waals surface area contributed by atoms with Gasteiger partial charge in [0, 0.05) is 10.6 Å². The van der Waals surface area contributed by atoms with Crippen molar-refractivity contribution in [1.29, 1.82) is 0 Å². The van der Waals surface area contributed by atoms with Crippen molar-refractivity contribution in [2.24, 2.45) is 0 Å². The second-order valence-electron chi connectivity index (χ2n) is 3.99. The van der Waals surface area contributed by atoms with Crippen LogP contribution in [0.4, 0.5) is 4.39 Å². The zero-order valence-electron chi connectivity index (χ0n) is 10.2. The lowest BCUT2D eigenvalue weighted by atomic mass is 10.2. The summed E-state index contributed by atoms with van der Waals surface area (Å²) in [6.45, 7) is 1.85. The van der Waals surface area contributed by atoms with Crippen molar-refractivity contribution in [2.45, 2.75) is 6.92 Å². The Balaban J connectivity index is 2.33. The minimum atomic E-state index is -0.240. The molecule has 1 N–H and O–H groups in total. The van der Waals surface area contributed by atoms with E-state index >= 15 is 0 Å². The Bertz CT molecular complexity index is 570. The number of phenolic OH excluding ortho intramolecular Hbond substituents is 1. The maximum Gasteiger partial charge on any atom is 0.131 e. The van der Waals surface area contributed by atoms with Crippen molar-refractivity contribution in [2.75, 3.05) is 7.11 Å². The van der Waals surface area contributed by atoms with Crippen LogP contribution in [0, 0.1) is 12.7 Å². The first kappa shape index (κ1) is 12.8. The van der Waals surface area contributed by atoms with Gasteiger partial charge in [-0.1, -0.05) is 20.7 Å². The van der Waals surface area contributed by atoms with Crippen molar-refractivity contribution < 1.29 is 14.2 Å². The molecule has 0 amide bonds. The van der Waals surface area contributed by atoms with Gasteiger partial charge in [0.1, 0.15) is 17.3 Å². The number of aryl methyl sites for hydroxylation is 1. The van der Waals surface area contributed by atoms with Crippen molar-refractivity contribution in [3.8, 4) is 11.5 Å². The molecule has 94 valence electrons. The van der Waals surface area contributed by atoms with E-state index in [1.807, 2.05) is 13.0 Å². The van der Waals surface area contributed by atoms with Gasteiger partial charge >= 0.3 is 0 Å². The second-order valence-corrected chi connectivity index (χ2v) is 5.32. The lowest BCUT2D eigenvalue weighted by Gasteiger charge is -2.08. The highest BCUT2D eigenvalue weighted by Gasteiger charge is 2.08. The molecule has 2 aromatic rings. The summed E-state index contributed by atoms with van der Waals surface area (Å²) in [5.41, 5.74) is 0.885. The third kappa shape index (κ3) is 2.80. The molecule has 4 heteroatoms. The summed E-state index contributed by atoms with van der Waals surface area (Å²) in [6.07, 6.45) is 0. The van der Waals surface area contributed by atoms with Gasteiger partial charge < -0.3 is 9.84 Å². The minimum absolute atomic E-state index is 0.0652. The minimum Gasteiger partial charge on any atom is -0.507 e. The third-order valence-corrected chi connectivity index (χ3v) is 3.94. The predicted molar refractivity (Wildman–Crippen MR) is 73.4 cm³/mol. The van der Waals surface area contributed by atoms with E-state index in [0.717, 1.165) is 5.56 Å². The van der Waals surface area contributed by atoms with E-state index in [4.69, 9.17) is 4.74 Å². The first-order chi connectivity index (χ1) is 8.60. The molecule has 0 aliphatic rings. The standard InChI is InChI=1S/C14H14FO2P/c1-9-3-6-13(11(15)7-9)18-14-8-10(17-2)4-5-12(14)16/h3-8,16,18H,1-2H3. The number of hydrogen-bond donors (Lipinski definition) is 1. The van der Waals surface area contributed by atoms with Crippen molar-refractivity contribution in [1.82, 2.24) is 0 Å². The number of methoxy groups -OCH3 is 1. The average molecular weight is 264 g/mol. The van der Waals surface area contributed by atoms with Gasteiger partial charge in [-0.05, 0) is 36.8 Å². The topological polar surface area (TPSA) is 29.5 Å². The van der Waals surface area contributed by atoms with Crippen LogP contribution in [0.2, 0.25) is 0 Å². The number of hydrogen-bond acceptors (Lipinski definition) is 2. The Hall–Kier alpha value is -1.60. The fraction of sp³-hybridized carbons (Fsp3) is 0.143. The van der Waals surface area contributed by atoms with Crippen LogP contribution < -0.4 is 15.3 Å². The van der Waals surface area contributed by atoms with Crippen LogP contribution in [-0.4, -0.2) is 12.2 Å². The van der Waals surface area contributed by atoms with E-state index in [1.54, 1.807) is 31.4 Å². The van der Waals surface area contributed by atoms with Crippen LogP contribution in [0.5, 0.6) is 11.5 Å². The van der Waals surface area contributed by atoms with E-state index < -0.39 is 0 Å². The molecule has 1 unspecified atom stereocenters. The SMILES string of the molecule is COc1ccc(O)c(Pc2ccc(C)cc2F)c1. The number of halogens is 1. The van der Waals surface area contributed by atoms with Crippen molar-refractivity contribution in [3.63, 3.8) is 0 Å². The zero-order chi connectivity index (χ0) is 13.1. The summed E-state index contributed by atoms with van der Waals surface area (Å²) in [5, 5.41) is 11.0. The maximum absolute atomic E-state index is 13.7. The summed E-state index contributed by atoms with van der Waals surface area (Å²) in [6, 6.07) is 10.1. The van der Waals surface area contributed by atoms with E-state index in [9.17, 15) is 9.50 Å². The lowest BCUT2D eigenvalue weighted by molar-refractivity contribution is 0.413. The van der Waals surface area contributed by atoms with Crippen LogP contribution >= 0.6 is 8.58 Å². The Labute approximate surface area is 107 Å². The monoisotopic (exact) mass is 264 g/mol. The Morgan fingerprint density at radius 2 is 1.89 bits per heavy atom. The smallest absolute Gasteiger partial charge is 0.131 e. The average Bonchev–Trinajstić information content (AvgIpc) is 2.35. The van der Waals surface area contributed by atoms with Gasteiger partial charge in [-0.15, -0.1) is 0 Å². The molecule has 0 bridgehead atoms. The Morgan fingerprint density at radius 1 is 1.11 bits per heavy atom. The fourth-order valence-electron chi connectivity index (χ4n) is 1.61. The van der Waals surface area contributed by atoms with E-state index in [1.165, 1.54) is 6.07 Å². The van der Waals surface area contributed by atoms with Gasteiger partial charge in [0.2, 0.25) is 0 Å². The highest BCUT2D eigenvalue weighted by Crippen LogP contribution is 2.23. The van der Waals surface area contributed by atoms with E-state index in [-0.39, 0.29) is 20.1 Å². The van der Waals surface area contributed by atoms with Crippen molar-refractivity contribution in [3.05, 3.63) is 47.8 Å². The molecule has 1 atom stereocenters. The quantitative estimate of drug-likeness (QED) is 0.863. The highest BCUT2D eigenvalue weighted by molar-refractivity contribution is 7.55. The molecular weight excluding hydrogens is 250 g/mol. The first-order valence-electron chi connectivity index (χ1n) is 5.50. The second kappa shape index (κ2) is 5.36. The van der Waals surface area contributed by atoms with Crippen LogP contribution in [0.15, 0.2) is 36.4 Å². The fourth-order valence-corrected chi connectivity index (χ4v) is 2.68. The summed E-state index contributed by atoms with van der Waals surface area (Å²) < 4.78 is 18.8.